The molecule has 0 aromatic heterocycles. The molecule has 1 saturated heterocycles. The maximum atomic E-state index is 12.2. The largest absolute Gasteiger partial charge is 0.483 e. The van der Waals surface area contributed by atoms with Crippen LogP contribution in [0.4, 0.5) is 5.69 Å². The van der Waals surface area contributed by atoms with Crippen LogP contribution in [-0.2, 0) is 22.6 Å². The molecule has 6 nitrogen and oxygen atoms in total. The number of para-hydroxylation sites is 1. The molecule has 0 unspecified atom stereocenters. The number of carbonyl (C=O) groups is 2. The van der Waals surface area contributed by atoms with E-state index in [1.807, 2.05) is 53.4 Å². The van der Waals surface area contributed by atoms with Crippen molar-refractivity contribution in [2.75, 3.05) is 31.6 Å². The Labute approximate surface area is 172 Å². The number of nitrogens with zero attached hydrogens (tertiary/aromatic N) is 1. The number of rotatable bonds is 9. The summed E-state index contributed by atoms with van der Waals surface area (Å²) in [7, 11) is 0. The van der Waals surface area contributed by atoms with Gasteiger partial charge in [-0.05, 0) is 49.6 Å². The predicted molar refractivity (Wildman–Crippen MR) is 114 cm³/mol. The number of likely N-dealkylation sites (tertiary alicyclic amines) is 1. The number of ether oxygens (including phenoxy) is 1. The molecule has 154 valence electrons. The van der Waals surface area contributed by atoms with E-state index < -0.39 is 0 Å². The number of benzene rings is 2. The predicted octanol–water partition coefficient (Wildman–Crippen LogP) is 2.98. The van der Waals surface area contributed by atoms with Crippen molar-refractivity contribution in [3.63, 3.8) is 0 Å². The van der Waals surface area contributed by atoms with Crippen molar-refractivity contribution in [3.05, 3.63) is 59.7 Å². The van der Waals surface area contributed by atoms with E-state index in [4.69, 9.17) is 4.74 Å². The summed E-state index contributed by atoms with van der Waals surface area (Å²) in [6.45, 7) is 4.78. The van der Waals surface area contributed by atoms with E-state index in [-0.39, 0.29) is 18.4 Å². The lowest BCUT2D eigenvalue weighted by Gasteiger charge is -2.17. The van der Waals surface area contributed by atoms with Gasteiger partial charge in [0.2, 0.25) is 5.91 Å². The molecule has 1 aliphatic heterocycles. The molecule has 2 aromatic rings. The average molecular weight is 396 g/mol. The zero-order chi connectivity index (χ0) is 20.5. The lowest BCUT2D eigenvalue weighted by molar-refractivity contribution is -0.132. The van der Waals surface area contributed by atoms with E-state index >= 15 is 0 Å². The minimum absolute atomic E-state index is 0.0629. The second-order valence-electron chi connectivity index (χ2n) is 7.29. The lowest BCUT2D eigenvalue weighted by atomic mass is 10.1. The number of anilines is 1. The Kier molecular flexibility index (Phi) is 7.64. The maximum absolute atomic E-state index is 12.2. The minimum atomic E-state index is -0.0672. The lowest BCUT2D eigenvalue weighted by Crippen LogP contribution is -2.32. The minimum Gasteiger partial charge on any atom is -0.483 e. The van der Waals surface area contributed by atoms with Gasteiger partial charge in [0.25, 0.3) is 5.91 Å². The first kappa shape index (κ1) is 20.9. The molecule has 0 saturated carbocycles. The zero-order valence-corrected chi connectivity index (χ0v) is 16.9. The van der Waals surface area contributed by atoms with Crippen molar-refractivity contribution in [1.82, 2.24) is 10.2 Å². The summed E-state index contributed by atoms with van der Waals surface area (Å²) >= 11 is 0. The van der Waals surface area contributed by atoms with Gasteiger partial charge in [-0.15, -0.1) is 0 Å². The summed E-state index contributed by atoms with van der Waals surface area (Å²) in [6, 6.07) is 15.7. The molecule has 2 amide bonds. The van der Waals surface area contributed by atoms with Crippen LogP contribution >= 0.6 is 0 Å². The third-order valence-electron chi connectivity index (χ3n) is 4.96. The van der Waals surface area contributed by atoms with E-state index in [9.17, 15) is 9.59 Å². The highest BCUT2D eigenvalue weighted by molar-refractivity contribution is 5.88. The molecule has 2 aromatic carbocycles. The second-order valence-corrected chi connectivity index (χ2v) is 7.29. The van der Waals surface area contributed by atoms with Crippen LogP contribution in [-0.4, -0.2) is 43.0 Å². The van der Waals surface area contributed by atoms with Crippen molar-refractivity contribution >= 4 is 17.5 Å². The quantitative estimate of drug-likeness (QED) is 0.641. The van der Waals surface area contributed by atoms with E-state index in [1.165, 1.54) is 12.5 Å². The number of carbonyl (C=O) groups excluding carboxylic acids is 2. The fourth-order valence-electron chi connectivity index (χ4n) is 3.40. The third-order valence-corrected chi connectivity index (χ3v) is 4.96. The number of hydrogen-bond donors (Lipinski definition) is 2. The Morgan fingerprint density at radius 2 is 1.76 bits per heavy atom. The molecule has 6 heteroatoms. The molecule has 1 aliphatic rings. The van der Waals surface area contributed by atoms with Crippen LogP contribution in [0.25, 0.3) is 0 Å². The smallest absolute Gasteiger partial charge is 0.260 e. The van der Waals surface area contributed by atoms with Crippen LogP contribution in [0, 0.1) is 0 Å². The van der Waals surface area contributed by atoms with E-state index in [2.05, 4.69) is 10.6 Å². The molecular weight excluding hydrogens is 366 g/mol. The summed E-state index contributed by atoms with van der Waals surface area (Å²) < 4.78 is 5.81. The zero-order valence-electron chi connectivity index (χ0n) is 16.9. The van der Waals surface area contributed by atoms with Gasteiger partial charge in [0.1, 0.15) is 5.75 Å². The molecule has 2 N–H and O–H groups in total. The molecule has 29 heavy (non-hydrogen) atoms. The fraction of sp³-hybridized carbons (Fsp3) is 0.391. The van der Waals surface area contributed by atoms with Gasteiger partial charge in [0.15, 0.2) is 6.61 Å². The summed E-state index contributed by atoms with van der Waals surface area (Å²) in [5, 5.41) is 6.20. The molecule has 1 heterocycles. The van der Waals surface area contributed by atoms with E-state index in [1.54, 1.807) is 0 Å². The van der Waals surface area contributed by atoms with Crippen LogP contribution in [0.2, 0.25) is 0 Å². The normalized spacial score (nSPS) is 13.3. The Bertz CT molecular complexity index is 814. The number of amides is 2. The maximum Gasteiger partial charge on any atom is 0.260 e. The van der Waals surface area contributed by atoms with Gasteiger partial charge in [0.05, 0.1) is 0 Å². The van der Waals surface area contributed by atoms with Gasteiger partial charge in [-0.2, -0.15) is 0 Å². The van der Waals surface area contributed by atoms with Gasteiger partial charge in [0, 0.05) is 37.8 Å². The van der Waals surface area contributed by atoms with Gasteiger partial charge in [-0.1, -0.05) is 30.3 Å². The van der Waals surface area contributed by atoms with Crippen LogP contribution < -0.4 is 15.4 Å². The molecular formula is C23H29N3O3. The molecule has 1 fully saturated rings. The monoisotopic (exact) mass is 395 g/mol. The topological polar surface area (TPSA) is 70.7 Å². The fourth-order valence-corrected chi connectivity index (χ4v) is 3.40. The number of nitrogens with one attached hydrogen (secondary N) is 2. The van der Waals surface area contributed by atoms with Crippen molar-refractivity contribution in [1.29, 1.82) is 0 Å². The van der Waals surface area contributed by atoms with Gasteiger partial charge >= 0.3 is 0 Å². The molecule has 0 aliphatic carbocycles. The average Bonchev–Trinajstić information content (AvgIpc) is 3.26. The standard InChI is InChI=1S/C23H29N3O3/c1-18(27)25-21-10-8-19(9-11-21)12-13-24-16-20-6-2-3-7-22(20)29-17-23(28)26-14-4-5-15-26/h2-3,6-11,24H,4-5,12-17H2,1H3,(H,25,27). The van der Waals surface area contributed by atoms with Crippen molar-refractivity contribution in [2.45, 2.75) is 32.7 Å². The Morgan fingerprint density at radius 1 is 1.03 bits per heavy atom. The van der Waals surface area contributed by atoms with Gasteiger partial charge in [-0.25, -0.2) is 0 Å². The molecule has 0 atom stereocenters. The van der Waals surface area contributed by atoms with E-state index in [0.29, 0.717) is 6.54 Å². The van der Waals surface area contributed by atoms with E-state index in [0.717, 1.165) is 55.9 Å². The van der Waals surface area contributed by atoms with Crippen LogP contribution in [0.15, 0.2) is 48.5 Å². The molecule has 3 rings (SSSR count). The van der Waals surface area contributed by atoms with Crippen molar-refractivity contribution in [2.24, 2.45) is 0 Å². The second kappa shape index (κ2) is 10.6. The third kappa shape index (κ3) is 6.61. The molecule has 0 bridgehead atoms. The van der Waals surface area contributed by atoms with Gasteiger partial charge < -0.3 is 20.3 Å². The van der Waals surface area contributed by atoms with Crippen LogP contribution in [0.1, 0.15) is 30.9 Å². The molecule has 0 radical (unpaired) electrons. The highest BCUT2D eigenvalue weighted by atomic mass is 16.5. The van der Waals surface area contributed by atoms with Crippen molar-refractivity contribution in [3.8, 4) is 5.75 Å². The summed E-state index contributed by atoms with van der Waals surface area (Å²) in [4.78, 5) is 25.1. The first-order chi connectivity index (χ1) is 14.1. The highest BCUT2D eigenvalue weighted by Gasteiger charge is 2.18. The Morgan fingerprint density at radius 3 is 2.48 bits per heavy atom. The summed E-state index contributed by atoms with van der Waals surface area (Å²) in [5.41, 5.74) is 3.05. The Hall–Kier alpha value is -2.86. The van der Waals surface area contributed by atoms with Crippen LogP contribution in [0.3, 0.4) is 0 Å². The summed E-state index contributed by atoms with van der Waals surface area (Å²) in [6.07, 6.45) is 3.06. The van der Waals surface area contributed by atoms with Crippen LogP contribution in [0.5, 0.6) is 5.75 Å². The first-order valence-electron chi connectivity index (χ1n) is 10.2. The SMILES string of the molecule is CC(=O)Nc1ccc(CCNCc2ccccc2OCC(=O)N2CCCC2)cc1. The number of hydrogen-bond acceptors (Lipinski definition) is 4. The van der Waals surface area contributed by atoms with Crippen molar-refractivity contribution < 1.29 is 14.3 Å². The highest BCUT2D eigenvalue weighted by Crippen LogP contribution is 2.18. The van der Waals surface area contributed by atoms with Gasteiger partial charge in [-0.3, -0.25) is 9.59 Å². The summed E-state index contributed by atoms with van der Waals surface area (Å²) in [5.74, 6) is 0.752. The first-order valence-corrected chi connectivity index (χ1v) is 10.2. The Balaban J connectivity index is 1.43. The molecule has 0 spiro atoms.